The minimum absolute atomic E-state index is 0.0308. The molecule has 2 aromatic rings. The minimum Gasteiger partial charge on any atom is -0.497 e. The van der Waals surface area contributed by atoms with Gasteiger partial charge in [0.05, 0.1) is 7.11 Å². The second-order valence-electron chi connectivity index (χ2n) is 4.07. The van der Waals surface area contributed by atoms with Crippen molar-refractivity contribution in [2.75, 3.05) is 7.11 Å². The zero-order valence-corrected chi connectivity index (χ0v) is 9.97. The summed E-state index contributed by atoms with van der Waals surface area (Å²) in [6.07, 6.45) is 0.821. The summed E-state index contributed by atoms with van der Waals surface area (Å²) >= 11 is 0. The van der Waals surface area contributed by atoms with Gasteiger partial charge in [0.25, 0.3) is 0 Å². The van der Waals surface area contributed by atoms with Crippen LogP contribution in [0.4, 0.5) is 0 Å². The highest BCUT2D eigenvalue weighted by atomic mass is 16.5. The van der Waals surface area contributed by atoms with Crippen LogP contribution in [0.3, 0.4) is 0 Å². The maximum Gasteiger partial charge on any atom is 0.119 e. The van der Waals surface area contributed by atoms with Crippen LogP contribution in [0.2, 0.25) is 0 Å². The van der Waals surface area contributed by atoms with Crippen LogP contribution in [-0.4, -0.2) is 7.11 Å². The molecule has 0 aromatic heterocycles. The highest BCUT2D eigenvalue weighted by Gasteiger charge is 2.06. The van der Waals surface area contributed by atoms with E-state index >= 15 is 0 Å². The van der Waals surface area contributed by atoms with Crippen molar-refractivity contribution in [3.05, 3.63) is 65.7 Å². The first-order valence-electron chi connectivity index (χ1n) is 5.73. The Hall–Kier alpha value is -1.80. The lowest BCUT2D eigenvalue weighted by molar-refractivity contribution is 0.414. The molecule has 0 aliphatic carbocycles. The summed E-state index contributed by atoms with van der Waals surface area (Å²) in [5.41, 5.74) is 8.54. The standard InChI is InChI=1S/C15H17NO/c1-17-14-9-5-6-12(10-14)11-15(16)13-7-3-2-4-8-13/h2-10,15H,11,16H2,1H3/t15-/m1/s1. The van der Waals surface area contributed by atoms with Crippen LogP contribution < -0.4 is 10.5 Å². The third-order valence-corrected chi connectivity index (χ3v) is 2.82. The van der Waals surface area contributed by atoms with E-state index in [9.17, 15) is 0 Å². The van der Waals surface area contributed by atoms with E-state index in [2.05, 4.69) is 18.2 Å². The molecule has 0 bridgehead atoms. The molecule has 0 saturated heterocycles. The van der Waals surface area contributed by atoms with E-state index in [1.807, 2.05) is 36.4 Å². The highest BCUT2D eigenvalue weighted by molar-refractivity contribution is 5.30. The smallest absolute Gasteiger partial charge is 0.119 e. The topological polar surface area (TPSA) is 35.2 Å². The molecule has 0 fully saturated rings. The highest BCUT2D eigenvalue weighted by Crippen LogP contribution is 2.19. The zero-order valence-electron chi connectivity index (χ0n) is 9.97. The summed E-state index contributed by atoms with van der Waals surface area (Å²) in [6.45, 7) is 0. The van der Waals surface area contributed by atoms with Crippen molar-refractivity contribution in [3.8, 4) is 5.75 Å². The van der Waals surface area contributed by atoms with Gasteiger partial charge in [0.15, 0.2) is 0 Å². The quantitative estimate of drug-likeness (QED) is 0.871. The molecule has 0 amide bonds. The maximum absolute atomic E-state index is 6.18. The van der Waals surface area contributed by atoms with Gasteiger partial charge in [-0.05, 0) is 29.7 Å². The Labute approximate surface area is 102 Å². The first kappa shape index (κ1) is 11.7. The van der Waals surface area contributed by atoms with E-state index in [-0.39, 0.29) is 6.04 Å². The normalized spacial score (nSPS) is 12.1. The molecule has 2 nitrogen and oxygen atoms in total. The first-order valence-corrected chi connectivity index (χ1v) is 5.73. The molecule has 0 radical (unpaired) electrons. The van der Waals surface area contributed by atoms with Crippen molar-refractivity contribution < 1.29 is 4.74 Å². The van der Waals surface area contributed by atoms with E-state index in [0.717, 1.165) is 17.7 Å². The van der Waals surface area contributed by atoms with Gasteiger partial charge in [0, 0.05) is 6.04 Å². The Morgan fingerprint density at radius 3 is 2.53 bits per heavy atom. The number of nitrogens with two attached hydrogens (primary N) is 1. The lowest BCUT2D eigenvalue weighted by Gasteiger charge is -2.12. The Bertz CT molecular complexity index is 467. The molecule has 0 aliphatic rings. The van der Waals surface area contributed by atoms with Gasteiger partial charge in [-0.25, -0.2) is 0 Å². The monoisotopic (exact) mass is 227 g/mol. The number of benzene rings is 2. The van der Waals surface area contributed by atoms with Crippen LogP contribution in [0.1, 0.15) is 17.2 Å². The van der Waals surface area contributed by atoms with Gasteiger partial charge in [0.2, 0.25) is 0 Å². The van der Waals surface area contributed by atoms with Crippen LogP contribution in [0.25, 0.3) is 0 Å². The fraction of sp³-hybridized carbons (Fsp3) is 0.200. The van der Waals surface area contributed by atoms with Crippen molar-refractivity contribution in [1.82, 2.24) is 0 Å². The summed E-state index contributed by atoms with van der Waals surface area (Å²) in [4.78, 5) is 0. The maximum atomic E-state index is 6.18. The van der Waals surface area contributed by atoms with Crippen molar-refractivity contribution >= 4 is 0 Å². The Morgan fingerprint density at radius 2 is 1.82 bits per heavy atom. The van der Waals surface area contributed by atoms with Crippen LogP contribution in [0.15, 0.2) is 54.6 Å². The van der Waals surface area contributed by atoms with Gasteiger partial charge in [-0.2, -0.15) is 0 Å². The Balaban J connectivity index is 2.10. The van der Waals surface area contributed by atoms with Crippen molar-refractivity contribution in [2.45, 2.75) is 12.5 Å². The molecule has 0 spiro atoms. The molecular formula is C15H17NO. The molecule has 0 heterocycles. The van der Waals surface area contributed by atoms with E-state index in [0.29, 0.717) is 0 Å². The molecule has 2 aromatic carbocycles. The summed E-state index contributed by atoms with van der Waals surface area (Å²) in [7, 11) is 1.68. The molecule has 88 valence electrons. The lowest BCUT2D eigenvalue weighted by Crippen LogP contribution is -2.13. The minimum atomic E-state index is 0.0308. The van der Waals surface area contributed by atoms with Crippen molar-refractivity contribution in [2.24, 2.45) is 5.73 Å². The zero-order chi connectivity index (χ0) is 12.1. The number of rotatable bonds is 4. The largest absolute Gasteiger partial charge is 0.497 e. The Morgan fingerprint density at radius 1 is 1.06 bits per heavy atom. The first-order chi connectivity index (χ1) is 8.29. The molecule has 0 saturated carbocycles. The van der Waals surface area contributed by atoms with Crippen LogP contribution in [0.5, 0.6) is 5.75 Å². The molecule has 0 aliphatic heterocycles. The van der Waals surface area contributed by atoms with E-state index < -0.39 is 0 Å². The van der Waals surface area contributed by atoms with Gasteiger partial charge in [0.1, 0.15) is 5.75 Å². The number of hydrogen-bond acceptors (Lipinski definition) is 2. The number of ether oxygens (including phenoxy) is 1. The summed E-state index contributed by atoms with van der Waals surface area (Å²) in [5.74, 6) is 0.878. The van der Waals surface area contributed by atoms with Crippen molar-refractivity contribution in [3.63, 3.8) is 0 Å². The number of methoxy groups -OCH3 is 1. The predicted octanol–water partition coefficient (Wildman–Crippen LogP) is 2.94. The van der Waals surface area contributed by atoms with Crippen LogP contribution >= 0.6 is 0 Å². The fourth-order valence-electron chi connectivity index (χ4n) is 1.87. The molecule has 2 rings (SSSR count). The molecule has 17 heavy (non-hydrogen) atoms. The van der Waals surface area contributed by atoms with Gasteiger partial charge < -0.3 is 10.5 Å². The average Bonchev–Trinajstić information content (AvgIpc) is 2.40. The second-order valence-corrected chi connectivity index (χ2v) is 4.07. The predicted molar refractivity (Wildman–Crippen MR) is 70.1 cm³/mol. The Kier molecular flexibility index (Phi) is 3.78. The van der Waals surface area contributed by atoms with Gasteiger partial charge in [-0.1, -0.05) is 42.5 Å². The van der Waals surface area contributed by atoms with E-state index in [1.54, 1.807) is 7.11 Å². The SMILES string of the molecule is COc1cccc(C[C@@H](N)c2ccccc2)c1. The molecular weight excluding hydrogens is 210 g/mol. The second kappa shape index (κ2) is 5.51. The fourth-order valence-corrected chi connectivity index (χ4v) is 1.87. The average molecular weight is 227 g/mol. The summed E-state index contributed by atoms with van der Waals surface area (Å²) < 4.78 is 5.20. The number of hydrogen-bond donors (Lipinski definition) is 1. The molecule has 2 heteroatoms. The summed E-state index contributed by atoms with van der Waals surface area (Å²) in [5, 5.41) is 0. The third kappa shape index (κ3) is 3.08. The molecule has 0 unspecified atom stereocenters. The lowest BCUT2D eigenvalue weighted by atomic mass is 10.00. The van der Waals surface area contributed by atoms with Crippen LogP contribution in [0, 0.1) is 0 Å². The van der Waals surface area contributed by atoms with Crippen molar-refractivity contribution in [1.29, 1.82) is 0 Å². The van der Waals surface area contributed by atoms with E-state index in [4.69, 9.17) is 10.5 Å². The van der Waals surface area contributed by atoms with Gasteiger partial charge in [-0.15, -0.1) is 0 Å². The summed E-state index contributed by atoms with van der Waals surface area (Å²) in [6, 6.07) is 18.2. The third-order valence-electron chi connectivity index (χ3n) is 2.82. The van der Waals surface area contributed by atoms with E-state index in [1.165, 1.54) is 5.56 Å². The van der Waals surface area contributed by atoms with Gasteiger partial charge >= 0.3 is 0 Å². The van der Waals surface area contributed by atoms with Crippen LogP contribution in [-0.2, 0) is 6.42 Å². The van der Waals surface area contributed by atoms with Gasteiger partial charge in [-0.3, -0.25) is 0 Å². The molecule has 2 N–H and O–H groups in total. The molecule has 1 atom stereocenters.